The van der Waals surface area contributed by atoms with Gasteiger partial charge in [-0.05, 0) is 29.8 Å². The molecule has 106 valence electrons. The van der Waals surface area contributed by atoms with E-state index in [0.717, 1.165) is 12.1 Å². The predicted octanol–water partition coefficient (Wildman–Crippen LogP) is 3.35. The third-order valence-electron chi connectivity index (χ3n) is 2.51. The fourth-order valence-electron chi connectivity index (χ4n) is 1.59. The summed E-state index contributed by atoms with van der Waals surface area (Å²) in [7, 11) is 0. The number of carbonyl (C=O) groups excluding carboxylic acids is 1. The Morgan fingerprint density at radius 2 is 1.95 bits per heavy atom. The van der Waals surface area contributed by atoms with Crippen LogP contribution in [0.5, 0.6) is 5.75 Å². The molecule has 21 heavy (non-hydrogen) atoms. The molecule has 0 aliphatic heterocycles. The second kappa shape index (κ2) is 6.42. The van der Waals surface area contributed by atoms with Gasteiger partial charge >= 0.3 is 5.97 Å². The Hall–Kier alpha value is -3.02. The number of nitro benzene ring substituents is 1. The van der Waals surface area contributed by atoms with Crippen LogP contribution >= 0.6 is 0 Å². The molecule has 0 unspecified atom stereocenters. The molecule has 0 aliphatic rings. The quantitative estimate of drug-likeness (QED) is 0.284. The highest BCUT2D eigenvalue weighted by molar-refractivity contribution is 5.88. The summed E-state index contributed by atoms with van der Waals surface area (Å²) in [5.74, 6) is -1.05. The fourth-order valence-corrected chi connectivity index (χ4v) is 1.59. The third kappa shape index (κ3) is 4.24. The molecule has 0 aromatic heterocycles. The van der Waals surface area contributed by atoms with E-state index in [1.165, 1.54) is 42.5 Å². The van der Waals surface area contributed by atoms with Gasteiger partial charge in [-0.3, -0.25) is 10.1 Å². The van der Waals surface area contributed by atoms with Crippen LogP contribution in [-0.2, 0) is 4.79 Å². The second-order valence-corrected chi connectivity index (χ2v) is 4.06. The van der Waals surface area contributed by atoms with Crippen molar-refractivity contribution in [2.45, 2.75) is 0 Å². The molecule has 2 aromatic carbocycles. The minimum Gasteiger partial charge on any atom is -0.423 e. The first-order valence-corrected chi connectivity index (χ1v) is 5.94. The van der Waals surface area contributed by atoms with Gasteiger partial charge in [0.15, 0.2) is 0 Å². The number of hydrogen-bond donors (Lipinski definition) is 0. The molecule has 0 atom stereocenters. The van der Waals surface area contributed by atoms with Gasteiger partial charge in [0, 0.05) is 12.1 Å². The minimum atomic E-state index is -0.709. The Kier molecular flexibility index (Phi) is 4.40. The van der Waals surface area contributed by atoms with E-state index in [-0.39, 0.29) is 11.4 Å². The summed E-state index contributed by atoms with van der Waals surface area (Å²) < 4.78 is 17.9. The van der Waals surface area contributed by atoms with Crippen LogP contribution in [0.2, 0.25) is 0 Å². The van der Waals surface area contributed by atoms with E-state index in [1.807, 2.05) is 0 Å². The molecule has 0 fully saturated rings. The average molecular weight is 287 g/mol. The van der Waals surface area contributed by atoms with E-state index in [2.05, 4.69) is 0 Å². The number of nitro groups is 1. The summed E-state index contributed by atoms with van der Waals surface area (Å²) in [6, 6.07) is 11.0. The molecule has 0 aliphatic carbocycles. The van der Waals surface area contributed by atoms with Gasteiger partial charge in [0.05, 0.1) is 11.0 Å². The normalized spacial score (nSPS) is 10.5. The Bertz CT molecular complexity index is 712. The van der Waals surface area contributed by atoms with Crippen molar-refractivity contribution in [2.24, 2.45) is 0 Å². The van der Waals surface area contributed by atoms with Crippen molar-refractivity contribution in [3.8, 4) is 5.75 Å². The number of halogens is 1. The Labute approximate surface area is 119 Å². The average Bonchev–Trinajstić information content (AvgIpc) is 2.45. The number of nitrogens with zero attached hydrogens (tertiary/aromatic N) is 1. The van der Waals surface area contributed by atoms with E-state index in [1.54, 1.807) is 6.07 Å². The van der Waals surface area contributed by atoms with E-state index >= 15 is 0 Å². The summed E-state index contributed by atoms with van der Waals surface area (Å²) in [6.07, 6.45) is 2.51. The van der Waals surface area contributed by atoms with Crippen LogP contribution in [-0.4, -0.2) is 10.9 Å². The molecule has 0 radical (unpaired) electrons. The first-order chi connectivity index (χ1) is 10.0. The standard InChI is InChI=1S/C15H10FNO4/c16-12-4-1-3-11(9-12)7-8-15(18)21-14-6-2-5-13(10-14)17(19)20/h1-10H. The molecule has 0 N–H and O–H groups in total. The van der Waals surface area contributed by atoms with Crippen molar-refractivity contribution in [2.75, 3.05) is 0 Å². The number of rotatable bonds is 4. The molecule has 0 amide bonds. The smallest absolute Gasteiger partial charge is 0.336 e. The molecular formula is C15H10FNO4. The summed E-state index contributed by atoms with van der Waals surface area (Å²) in [5.41, 5.74) is 0.334. The SMILES string of the molecule is O=C(C=Cc1cccc(F)c1)Oc1cccc([N+](=O)[O-])c1. The molecule has 2 aromatic rings. The van der Waals surface area contributed by atoms with Gasteiger partial charge in [0.1, 0.15) is 11.6 Å². The number of ether oxygens (including phenoxy) is 1. The summed E-state index contributed by atoms with van der Waals surface area (Å²) in [5, 5.41) is 10.6. The first-order valence-electron chi connectivity index (χ1n) is 5.94. The number of esters is 1. The zero-order valence-corrected chi connectivity index (χ0v) is 10.7. The van der Waals surface area contributed by atoms with Crippen molar-refractivity contribution < 1.29 is 18.8 Å². The van der Waals surface area contributed by atoms with Gasteiger partial charge < -0.3 is 4.74 Å². The molecule has 5 nitrogen and oxygen atoms in total. The largest absolute Gasteiger partial charge is 0.423 e. The zero-order valence-electron chi connectivity index (χ0n) is 10.7. The summed E-state index contributed by atoms with van der Waals surface area (Å²) >= 11 is 0. The van der Waals surface area contributed by atoms with Gasteiger partial charge in [0.25, 0.3) is 5.69 Å². The van der Waals surface area contributed by atoms with E-state index in [0.29, 0.717) is 5.56 Å². The molecule has 0 saturated carbocycles. The van der Waals surface area contributed by atoms with Crippen LogP contribution < -0.4 is 4.74 Å². The Morgan fingerprint density at radius 3 is 2.67 bits per heavy atom. The molecule has 6 heteroatoms. The van der Waals surface area contributed by atoms with Crippen LogP contribution in [0.3, 0.4) is 0 Å². The van der Waals surface area contributed by atoms with Crippen molar-refractivity contribution in [3.05, 3.63) is 76.1 Å². The maximum absolute atomic E-state index is 12.9. The van der Waals surface area contributed by atoms with Crippen LogP contribution in [0.25, 0.3) is 6.08 Å². The molecule has 0 heterocycles. The van der Waals surface area contributed by atoms with E-state index in [4.69, 9.17) is 4.74 Å². The zero-order chi connectivity index (χ0) is 15.2. The first kappa shape index (κ1) is 14.4. The topological polar surface area (TPSA) is 69.4 Å². The van der Waals surface area contributed by atoms with Gasteiger partial charge in [-0.1, -0.05) is 18.2 Å². The number of carbonyl (C=O) groups is 1. The molecule has 0 saturated heterocycles. The third-order valence-corrected chi connectivity index (χ3v) is 2.51. The Morgan fingerprint density at radius 1 is 1.19 bits per heavy atom. The van der Waals surface area contributed by atoms with Crippen molar-refractivity contribution >= 4 is 17.7 Å². The lowest BCUT2D eigenvalue weighted by atomic mass is 10.2. The summed E-state index contributed by atoms with van der Waals surface area (Å²) in [6.45, 7) is 0. The maximum atomic E-state index is 12.9. The molecule has 0 bridgehead atoms. The van der Waals surface area contributed by atoms with Crippen LogP contribution in [0, 0.1) is 15.9 Å². The van der Waals surface area contributed by atoms with Crippen LogP contribution in [0.1, 0.15) is 5.56 Å². The highest BCUT2D eigenvalue weighted by Gasteiger charge is 2.08. The predicted molar refractivity (Wildman–Crippen MR) is 74.2 cm³/mol. The van der Waals surface area contributed by atoms with Crippen LogP contribution in [0.4, 0.5) is 10.1 Å². The fraction of sp³-hybridized carbons (Fsp3) is 0. The van der Waals surface area contributed by atoms with Gasteiger partial charge in [0.2, 0.25) is 0 Å². The highest BCUT2D eigenvalue weighted by Crippen LogP contribution is 2.19. The number of non-ortho nitro benzene ring substituents is 1. The van der Waals surface area contributed by atoms with Gasteiger partial charge in [-0.2, -0.15) is 0 Å². The molecule has 0 spiro atoms. The monoisotopic (exact) mass is 287 g/mol. The number of benzene rings is 2. The maximum Gasteiger partial charge on any atom is 0.336 e. The second-order valence-electron chi connectivity index (χ2n) is 4.06. The number of hydrogen-bond acceptors (Lipinski definition) is 4. The van der Waals surface area contributed by atoms with Gasteiger partial charge in [-0.15, -0.1) is 0 Å². The van der Waals surface area contributed by atoms with Crippen LogP contribution in [0.15, 0.2) is 54.6 Å². The van der Waals surface area contributed by atoms with E-state index in [9.17, 15) is 19.3 Å². The molecular weight excluding hydrogens is 277 g/mol. The van der Waals surface area contributed by atoms with Crippen molar-refractivity contribution in [1.82, 2.24) is 0 Å². The lowest BCUT2D eigenvalue weighted by molar-refractivity contribution is -0.384. The van der Waals surface area contributed by atoms with E-state index < -0.39 is 16.7 Å². The lowest BCUT2D eigenvalue weighted by Crippen LogP contribution is -2.03. The van der Waals surface area contributed by atoms with Crippen molar-refractivity contribution in [3.63, 3.8) is 0 Å². The molecule has 2 rings (SSSR count). The summed E-state index contributed by atoms with van der Waals surface area (Å²) in [4.78, 5) is 21.6. The lowest BCUT2D eigenvalue weighted by Gasteiger charge is -2.00. The van der Waals surface area contributed by atoms with Crippen molar-refractivity contribution in [1.29, 1.82) is 0 Å². The highest BCUT2D eigenvalue weighted by atomic mass is 19.1. The minimum absolute atomic E-state index is 0.0677. The Balaban J connectivity index is 2.05. The van der Waals surface area contributed by atoms with Gasteiger partial charge in [-0.25, -0.2) is 9.18 Å².